The van der Waals surface area contributed by atoms with Crippen molar-refractivity contribution in [3.8, 4) is 11.5 Å². The zero-order valence-electron chi connectivity index (χ0n) is 13.9. The summed E-state index contributed by atoms with van der Waals surface area (Å²) in [7, 11) is 0. The number of fused-ring (bicyclic) bond motifs is 1. The summed E-state index contributed by atoms with van der Waals surface area (Å²) in [5, 5.41) is 8.50. The second-order valence-electron chi connectivity index (χ2n) is 6.00. The van der Waals surface area contributed by atoms with Crippen LogP contribution < -0.4 is 0 Å². The van der Waals surface area contributed by atoms with Gasteiger partial charge in [0.1, 0.15) is 0 Å². The zero-order valence-corrected chi connectivity index (χ0v) is 16.3. The standard InChI is InChI=1S/C19H16BrN3O2S/c20-16-7-5-14(6-8-16)18-21-22-19(25-18)26-12-17(24)23-10-9-13-3-1-2-4-15(13)11-23/h1-8H,9-12H2. The predicted octanol–water partition coefficient (Wildman–Crippen LogP) is 4.18. The van der Waals surface area contributed by atoms with Crippen LogP contribution in [-0.4, -0.2) is 33.3 Å². The van der Waals surface area contributed by atoms with Crippen LogP contribution in [0.5, 0.6) is 0 Å². The molecule has 0 unspecified atom stereocenters. The highest BCUT2D eigenvalue weighted by Gasteiger charge is 2.21. The van der Waals surface area contributed by atoms with Gasteiger partial charge in [-0.05, 0) is 41.8 Å². The van der Waals surface area contributed by atoms with E-state index in [0.717, 1.165) is 23.0 Å². The molecule has 5 nitrogen and oxygen atoms in total. The summed E-state index contributed by atoms with van der Waals surface area (Å²) in [5.41, 5.74) is 3.42. The molecule has 132 valence electrons. The Kier molecular flexibility index (Phi) is 5.08. The van der Waals surface area contributed by atoms with Crippen molar-refractivity contribution in [1.29, 1.82) is 0 Å². The van der Waals surface area contributed by atoms with Crippen LogP contribution in [0, 0.1) is 0 Å². The van der Waals surface area contributed by atoms with Crippen LogP contribution in [0.15, 0.2) is 62.6 Å². The Morgan fingerprint density at radius 1 is 1.12 bits per heavy atom. The Labute approximate surface area is 163 Å². The number of aromatic nitrogens is 2. The molecule has 0 saturated carbocycles. The van der Waals surface area contributed by atoms with Crippen molar-refractivity contribution in [3.05, 3.63) is 64.1 Å². The molecular formula is C19H16BrN3O2S. The van der Waals surface area contributed by atoms with Crippen molar-refractivity contribution in [2.45, 2.75) is 18.2 Å². The lowest BCUT2D eigenvalue weighted by atomic mass is 10.00. The number of rotatable bonds is 4. The molecular weight excluding hydrogens is 414 g/mol. The minimum Gasteiger partial charge on any atom is -0.411 e. The van der Waals surface area contributed by atoms with Crippen LogP contribution >= 0.6 is 27.7 Å². The molecule has 1 aliphatic heterocycles. The molecule has 7 heteroatoms. The van der Waals surface area contributed by atoms with E-state index < -0.39 is 0 Å². The topological polar surface area (TPSA) is 59.2 Å². The normalized spacial score (nSPS) is 13.5. The Morgan fingerprint density at radius 2 is 1.88 bits per heavy atom. The maximum absolute atomic E-state index is 12.5. The van der Waals surface area contributed by atoms with E-state index in [4.69, 9.17) is 4.42 Å². The monoisotopic (exact) mass is 429 g/mol. The van der Waals surface area contributed by atoms with Gasteiger partial charge in [-0.25, -0.2) is 0 Å². The Hall–Kier alpha value is -2.12. The van der Waals surface area contributed by atoms with Crippen molar-refractivity contribution in [2.75, 3.05) is 12.3 Å². The van der Waals surface area contributed by atoms with E-state index in [1.807, 2.05) is 41.3 Å². The SMILES string of the molecule is O=C(CSc1nnc(-c2ccc(Br)cc2)o1)N1CCc2ccccc2C1. The van der Waals surface area contributed by atoms with Crippen LogP contribution in [0.1, 0.15) is 11.1 Å². The quantitative estimate of drug-likeness (QED) is 0.582. The summed E-state index contributed by atoms with van der Waals surface area (Å²) < 4.78 is 6.65. The third kappa shape index (κ3) is 3.83. The zero-order chi connectivity index (χ0) is 17.9. The molecule has 0 atom stereocenters. The second kappa shape index (κ2) is 7.63. The summed E-state index contributed by atoms with van der Waals surface area (Å²) in [6, 6.07) is 15.9. The Balaban J connectivity index is 1.36. The molecule has 4 rings (SSSR count). The highest BCUT2D eigenvalue weighted by Crippen LogP contribution is 2.25. The molecule has 0 bridgehead atoms. The van der Waals surface area contributed by atoms with E-state index in [1.54, 1.807) is 0 Å². The highest BCUT2D eigenvalue weighted by molar-refractivity contribution is 9.10. The minimum absolute atomic E-state index is 0.0906. The molecule has 2 aromatic carbocycles. The van der Waals surface area contributed by atoms with Gasteiger partial charge in [-0.15, -0.1) is 10.2 Å². The fraction of sp³-hybridized carbons (Fsp3) is 0.211. The summed E-state index contributed by atoms with van der Waals surface area (Å²) in [6.45, 7) is 1.42. The van der Waals surface area contributed by atoms with Crippen LogP contribution in [0.3, 0.4) is 0 Å². The Bertz CT molecular complexity index is 927. The fourth-order valence-electron chi connectivity index (χ4n) is 2.90. The largest absolute Gasteiger partial charge is 0.411 e. The maximum Gasteiger partial charge on any atom is 0.277 e. The van der Waals surface area contributed by atoms with Gasteiger partial charge >= 0.3 is 0 Å². The lowest BCUT2D eigenvalue weighted by molar-refractivity contribution is -0.129. The van der Waals surface area contributed by atoms with E-state index in [9.17, 15) is 4.79 Å². The van der Waals surface area contributed by atoms with Gasteiger partial charge in [0.25, 0.3) is 5.22 Å². The van der Waals surface area contributed by atoms with Crippen molar-refractivity contribution < 1.29 is 9.21 Å². The number of benzene rings is 2. The smallest absolute Gasteiger partial charge is 0.277 e. The summed E-state index contributed by atoms with van der Waals surface area (Å²) in [4.78, 5) is 14.4. The van der Waals surface area contributed by atoms with Gasteiger partial charge in [-0.2, -0.15) is 0 Å². The minimum atomic E-state index is 0.0906. The van der Waals surface area contributed by atoms with Crippen molar-refractivity contribution in [1.82, 2.24) is 15.1 Å². The Morgan fingerprint density at radius 3 is 2.69 bits per heavy atom. The number of amides is 1. The van der Waals surface area contributed by atoms with Crippen LogP contribution in [-0.2, 0) is 17.8 Å². The average Bonchev–Trinajstić information content (AvgIpc) is 3.15. The number of hydrogen-bond donors (Lipinski definition) is 0. The van der Waals surface area contributed by atoms with Gasteiger partial charge in [-0.3, -0.25) is 4.79 Å². The molecule has 2 heterocycles. The van der Waals surface area contributed by atoms with E-state index >= 15 is 0 Å². The highest BCUT2D eigenvalue weighted by atomic mass is 79.9. The first-order chi connectivity index (χ1) is 12.7. The van der Waals surface area contributed by atoms with E-state index in [0.29, 0.717) is 23.4 Å². The van der Waals surface area contributed by atoms with E-state index in [1.165, 1.54) is 22.9 Å². The number of hydrogen-bond acceptors (Lipinski definition) is 5. The van der Waals surface area contributed by atoms with Gasteiger partial charge < -0.3 is 9.32 Å². The molecule has 0 spiro atoms. The third-order valence-electron chi connectivity index (χ3n) is 4.30. The van der Waals surface area contributed by atoms with Crippen LogP contribution in [0.25, 0.3) is 11.5 Å². The molecule has 0 fully saturated rings. The van der Waals surface area contributed by atoms with E-state index in [2.05, 4.69) is 38.3 Å². The average molecular weight is 430 g/mol. The van der Waals surface area contributed by atoms with Gasteiger partial charge in [0.05, 0.1) is 5.75 Å². The van der Waals surface area contributed by atoms with Gasteiger partial charge in [-0.1, -0.05) is 52.0 Å². The number of carbonyl (C=O) groups is 1. The number of nitrogens with zero attached hydrogens (tertiary/aromatic N) is 3. The summed E-state index contributed by atoms with van der Waals surface area (Å²) in [6.07, 6.45) is 0.904. The molecule has 1 aromatic heterocycles. The number of carbonyl (C=O) groups excluding carboxylic acids is 1. The second-order valence-corrected chi connectivity index (χ2v) is 7.84. The first kappa shape index (κ1) is 17.3. The number of halogens is 1. The van der Waals surface area contributed by atoms with Gasteiger partial charge in [0.2, 0.25) is 11.8 Å². The lowest BCUT2D eigenvalue weighted by Gasteiger charge is -2.28. The molecule has 3 aromatic rings. The molecule has 0 saturated heterocycles. The first-order valence-electron chi connectivity index (χ1n) is 8.26. The van der Waals surface area contributed by atoms with E-state index in [-0.39, 0.29) is 5.91 Å². The van der Waals surface area contributed by atoms with Crippen molar-refractivity contribution in [3.63, 3.8) is 0 Å². The fourth-order valence-corrected chi connectivity index (χ4v) is 3.83. The van der Waals surface area contributed by atoms with Crippen molar-refractivity contribution in [2.24, 2.45) is 0 Å². The molecule has 0 aliphatic carbocycles. The van der Waals surface area contributed by atoms with Crippen LogP contribution in [0.2, 0.25) is 0 Å². The van der Waals surface area contributed by atoms with Crippen molar-refractivity contribution >= 4 is 33.6 Å². The maximum atomic E-state index is 12.5. The molecule has 0 N–H and O–H groups in total. The number of thioether (sulfide) groups is 1. The third-order valence-corrected chi connectivity index (χ3v) is 5.63. The molecule has 0 radical (unpaired) electrons. The molecule has 26 heavy (non-hydrogen) atoms. The van der Waals surface area contributed by atoms with Gasteiger partial charge in [0.15, 0.2) is 0 Å². The molecule has 1 amide bonds. The first-order valence-corrected chi connectivity index (χ1v) is 10.0. The molecule has 1 aliphatic rings. The summed E-state index contributed by atoms with van der Waals surface area (Å²) >= 11 is 4.68. The van der Waals surface area contributed by atoms with Gasteiger partial charge in [0, 0.05) is 23.1 Å². The van der Waals surface area contributed by atoms with Crippen LogP contribution in [0.4, 0.5) is 0 Å². The lowest BCUT2D eigenvalue weighted by Crippen LogP contribution is -2.37. The predicted molar refractivity (Wildman–Crippen MR) is 104 cm³/mol. The summed E-state index contributed by atoms with van der Waals surface area (Å²) in [5.74, 6) is 0.844.